The molecule has 0 rings (SSSR count). The molecule has 8 heteroatoms. The second-order valence-corrected chi connectivity index (χ2v) is 17.7. The Morgan fingerprint density at radius 3 is 1.36 bits per heavy atom. The zero-order chi connectivity index (χ0) is 44.9. The van der Waals surface area contributed by atoms with Crippen molar-refractivity contribution in [2.24, 2.45) is 0 Å². The van der Waals surface area contributed by atoms with E-state index in [9.17, 15) is 19.5 Å². The summed E-state index contributed by atoms with van der Waals surface area (Å²) in [5.74, 6) is -1.75. The first-order chi connectivity index (χ1) is 29.6. The van der Waals surface area contributed by atoms with Gasteiger partial charge in [-0.1, -0.05) is 171 Å². The number of hydrogen-bond acceptors (Lipinski definition) is 7. The predicted octanol–water partition coefficient (Wildman–Crippen LogP) is 12.8. The number of likely N-dealkylation sites (N-methyl/N-ethyl adjacent to an activating group) is 1. The molecular weight excluding hydrogens is 763 g/mol. The van der Waals surface area contributed by atoms with Gasteiger partial charge >= 0.3 is 11.9 Å². The fourth-order valence-corrected chi connectivity index (χ4v) is 7.06. The number of unbranched alkanes of at least 4 members (excludes halogenated alkanes) is 20. The first-order valence-electron chi connectivity index (χ1n) is 24.8. The Morgan fingerprint density at radius 1 is 0.508 bits per heavy atom. The molecule has 61 heavy (non-hydrogen) atoms. The van der Waals surface area contributed by atoms with Crippen molar-refractivity contribution in [2.45, 2.75) is 219 Å². The number of allylic oxidation sites excluding steroid dienone is 10. The third kappa shape index (κ3) is 42.1. The van der Waals surface area contributed by atoms with Gasteiger partial charge in [0.05, 0.1) is 40.3 Å². The molecule has 0 aliphatic rings. The van der Waals surface area contributed by atoms with E-state index in [4.69, 9.17) is 14.2 Å². The van der Waals surface area contributed by atoms with Gasteiger partial charge in [0.1, 0.15) is 12.6 Å². The van der Waals surface area contributed by atoms with E-state index in [1.54, 1.807) is 21.1 Å². The zero-order valence-electron chi connectivity index (χ0n) is 40.1. The summed E-state index contributed by atoms with van der Waals surface area (Å²) in [7, 11) is 5.41. The summed E-state index contributed by atoms with van der Waals surface area (Å²) in [5, 5.41) is 11.7. The topological polar surface area (TPSA) is 102 Å². The molecule has 8 nitrogen and oxygen atoms in total. The number of quaternary nitrogens is 1. The molecule has 0 aromatic carbocycles. The largest absolute Gasteiger partial charge is 0.544 e. The van der Waals surface area contributed by atoms with E-state index < -0.39 is 18.1 Å². The maximum Gasteiger partial charge on any atom is 0.306 e. The van der Waals surface area contributed by atoms with Gasteiger partial charge in [-0.05, 0) is 77.0 Å². The minimum Gasteiger partial charge on any atom is -0.544 e. The Morgan fingerprint density at radius 2 is 0.918 bits per heavy atom. The van der Waals surface area contributed by atoms with Crippen LogP contribution in [0.1, 0.15) is 206 Å². The smallest absolute Gasteiger partial charge is 0.306 e. The van der Waals surface area contributed by atoms with Crippen LogP contribution in [0.5, 0.6) is 0 Å². The number of esters is 2. The number of carboxylic acid groups (broad SMARTS) is 1. The lowest BCUT2D eigenvalue weighted by Crippen LogP contribution is -2.55. The molecule has 0 amide bonds. The molecule has 0 saturated carbocycles. The number of nitrogens with zero attached hydrogens (tertiary/aromatic N) is 1. The fraction of sp³-hybridized carbons (Fsp3) is 0.755. The number of carbonyl (C=O) groups is 3. The SMILES string of the molecule is CC/C=C/C/C=C/C/C=C/CCCCCCCCCCCCC(=O)OCC(COCCC(C(=O)[O-])[N+](C)(C)C)OC(=O)CCCCCCCCC/C=C/C/C=C/CCCCC. The molecule has 0 saturated heterocycles. The standard InChI is InChI=1S/C53H93NO7/c1-6-8-10-12-14-16-18-20-22-24-25-26-28-29-31-33-35-37-39-41-43-51(55)60-48-49(47-59-46-45-50(53(57)58)54(3,4)5)61-52(56)44-42-40-38-36-34-32-30-27-23-21-19-17-15-13-11-9-7-2/h8,10,14-17,20-23,49-50H,6-7,9,11-13,18-19,24-48H2,1-5H3/b10-8+,16-14+,17-15+,22-20+,23-21+. The van der Waals surface area contributed by atoms with E-state index in [1.165, 1.54) is 103 Å². The molecule has 2 atom stereocenters. The van der Waals surface area contributed by atoms with Crippen molar-refractivity contribution < 1.29 is 38.2 Å². The molecule has 0 N–H and O–H groups in total. The van der Waals surface area contributed by atoms with Gasteiger partial charge in [0.15, 0.2) is 6.10 Å². The Kier molecular flexibility index (Phi) is 41.5. The van der Waals surface area contributed by atoms with Gasteiger partial charge in [-0.25, -0.2) is 0 Å². The van der Waals surface area contributed by atoms with Crippen molar-refractivity contribution in [1.29, 1.82) is 0 Å². The lowest BCUT2D eigenvalue weighted by atomic mass is 10.1. The molecule has 0 bridgehead atoms. The molecule has 0 fully saturated rings. The van der Waals surface area contributed by atoms with Gasteiger partial charge in [0, 0.05) is 19.3 Å². The summed E-state index contributed by atoms with van der Waals surface area (Å²) in [4.78, 5) is 37.0. The van der Waals surface area contributed by atoms with Crippen molar-refractivity contribution in [3.05, 3.63) is 60.8 Å². The summed E-state index contributed by atoms with van der Waals surface area (Å²) in [6.45, 7) is 4.53. The van der Waals surface area contributed by atoms with Gasteiger partial charge in [-0.15, -0.1) is 0 Å². The summed E-state index contributed by atoms with van der Waals surface area (Å²) >= 11 is 0. The maximum absolute atomic E-state index is 12.8. The highest BCUT2D eigenvalue weighted by atomic mass is 16.6. The first-order valence-corrected chi connectivity index (χ1v) is 24.8. The van der Waals surface area contributed by atoms with Crippen LogP contribution in [-0.2, 0) is 28.6 Å². The van der Waals surface area contributed by atoms with Gasteiger partial charge in [-0.2, -0.15) is 0 Å². The number of rotatable bonds is 44. The van der Waals surface area contributed by atoms with Gasteiger partial charge < -0.3 is 28.6 Å². The van der Waals surface area contributed by atoms with Gasteiger partial charge in [0.25, 0.3) is 0 Å². The molecule has 0 aromatic heterocycles. The number of hydrogen-bond donors (Lipinski definition) is 0. The van der Waals surface area contributed by atoms with Gasteiger partial charge in [0.2, 0.25) is 0 Å². The van der Waals surface area contributed by atoms with Crippen LogP contribution in [0, 0.1) is 0 Å². The molecular formula is C53H93NO7. The summed E-state index contributed by atoms with van der Waals surface area (Å²) in [6, 6.07) is -0.730. The van der Waals surface area contributed by atoms with Crippen LogP contribution in [0.4, 0.5) is 0 Å². The average Bonchev–Trinajstić information content (AvgIpc) is 3.22. The van der Waals surface area contributed by atoms with Crippen LogP contribution >= 0.6 is 0 Å². The Bertz CT molecular complexity index is 1180. The number of carbonyl (C=O) groups excluding carboxylic acids is 3. The van der Waals surface area contributed by atoms with Crippen molar-refractivity contribution in [3.8, 4) is 0 Å². The van der Waals surface area contributed by atoms with E-state index >= 15 is 0 Å². The third-order valence-corrected chi connectivity index (χ3v) is 10.9. The zero-order valence-corrected chi connectivity index (χ0v) is 40.1. The normalized spacial score (nSPS) is 13.4. The lowest BCUT2D eigenvalue weighted by molar-refractivity contribution is -0.889. The highest BCUT2D eigenvalue weighted by molar-refractivity contribution is 5.70. The minimum atomic E-state index is -1.13. The number of carboxylic acids is 1. The van der Waals surface area contributed by atoms with E-state index in [0.717, 1.165) is 70.6 Å². The maximum atomic E-state index is 12.8. The molecule has 0 heterocycles. The second kappa shape index (κ2) is 43.7. The molecule has 2 unspecified atom stereocenters. The highest BCUT2D eigenvalue weighted by Crippen LogP contribution is 2.15. The summed E-state index contributed by atoms with van der Waals surface area (Å²) in [5.41, 5.74) is 0. The van der Waals surface area contributed by atoms with Crippen LogP contribution in [0.2, 0.25) is 0 Å². The summed E-state index contributed by atoms with van der Waals surface area (Å²) in [6.07, 6.45) is 53.8. The Balaban J connectivity index is 4.27. The number of aliphatic carboxylic acids is 1. The Hall–Kier alpha value is -2.97. The second-order valence-electron chi connectivity index (χ2n) is 17.7. The average molecular weight is 856 g/mol. The third-order valence-electron chi connectivity index (χ3n) is 10.9. The van der Waals surface area contributed by atoms with E-state index in [-0.39, 0.29) is 42.7 Å². The minimum absolute atomic E-state index is 0.0351. The van der Waals surface area contributed by atoms with Crippen LogP contribution < -0.4 is 5.11 Å². The van der Waals surface area contributed by atoms with Crippen molar-refractivity contribution in [2.75, 3.05) is 41.0 Å². The molecule has 0 aromatic rings. The molecule has 0 aliphatic carbocycles. The predicted molar refractivity (Wildman–Crippen MR) is 254 cm³/mol. The summed E-state index contributed by atoms with van der Waals surface area (Å²) < 4.78 is 17.2. The van der Waals surface area contributed by atoms with Crippen molar-refractivity contribution >= 4 is 17.9 Å². The van der Waals surface area contributed by atoms with Crippen LogP contribution in [0.3, 0.4) is 0 Å². The van der Waals surface area contributed by atoms with Crippen LogP contribution in [-0.4, -0.2) is 75.5 Å². The molecule has 352 valence electrons. The molecule has 0 spiro atoms. The fourth-order valence-electron chi connectivity index (χ4n) is 7.06. The first kappa shape index (κ1) is 58.0. The quantitative estimate of drug-likeness (QED) is 0.0260. The van der Waals surface area contributed by atoms with E-state index in [0.29, 0.717) is 12.8 Å². The van der Waals surface area contributed by atoms with Crippen molar-refractivity contribution in [3.63, 3.8) is 0 Å². The van der Waals surface area contributed by atoms with E-state index in [2.05, 4.69) is 74.6 Å². The van der Waals surface area contributed by atoms with Crippen LogP contribution in [0.25, 0.3) is 0 Å². The number of ether oxygens (including phenoxy) is 3. The lowest BCUT2D eigenvalue weighted by Gasteiger charge is -2.34. The van der Waals surface area contributed by atoms with Crippen molar-refractivity contribution in [1.82, 2.24) is 0 Å². The van der Waals surface area contributed by atoms with Gasteiger partial charge in [-0.3, -0.25) is 9.59 Å². The van der Waals surface area contributed by atoms with E-state index in [1.807, 2.05) is 0 Å². The Labute approximate surface area is 375 Å². The molecule has 0 aliphatic heterocycles. The monoisotopic (exact) mass is 856 g/mol. The molecule has 0 radical (unpaired) electrons. The highest BCUT2D eigenvalue weighted by Gasteiger charge is 2.25. The van der Waals surface area contributed by atoms with Crippen LogP contribution in [0.15, 0.2) is 60.8 Å².